The van der Waals surface area contributed by atoms with Crippen LogP contribution in [0.5, 0.6) is 0 Å². The van der Waals surface area contributed by atoms with E-state index >= 15 is 0 Å². The SMILES string of the molecule is O[C@@H]1C2C3C2[C@@H]2C[C@H]3CC12. The molecule has 1 N–H and O–H groups in total. The lowest BCUT2D eigenvalue weighted by molar-refractivity contribution is 0.0643. The molecular formula is C9H12O. The minimum Gasteiger partial charge on any atom is -0.393 e. The van der Waals surface area contributed by atoms with Gasteiger partial charge in [0.1, 0.15) is 0 Å². The first-order valence-corrected chi connectivity index (χ1v) is 4.56. The Kier molecular flexibility index (Phi) is 0.513. The van der Waals surface area contributed by atoms with Crippen LogP contribution < -0.4 is 0 Å². The lowest BCUT2D eigenvalue weighted by atomic mass is 9.84. The zero-order chi connectivity index (χ0) is 6.46. The van der Waals surface area contributed by atoms with Crippen molar-refractivity contribution in [1.82, 2.24) is 0 Å². The quantitative estimate of drug-likeness (QED) is 0.524. The van der Waals surface area contributed by atoms with Crippen LogP contribution in [-0.4, -0.2) is 11.2 Å². The first-order chi connectivity index (χ1) is 4.88. The summed E-state index contributed by atoms with van der Waals surface area (Å²) < 4.78 is 0. The predicted molar refractivity (Wildman–Crippen MR) is 36.2 cm³/mol. The molecule has 0 spiro atoms. The van der Waals surface area contributed by atoms with Crippen molar-refractivity contribution in [2.24, 2.45) is 35.5 Å². The van der Waals surface area contributed by atoms with E-state index in [4.69, 9.17) is 0 Å². The second-order valence-electron chi connectivity index (χ2n) is 4.78. The molecule has 54 valence electrons. The largest absolute Gasteiger partial charge is 0.393 e. The van der Waals surface area contributed by atoms with E-state index in [2.05, 4.69) is 0 Å². The highest BCUT2D eigenvalue weighted by Gasteiger charge is 2.76. The Labute approximate surface area is 60.4 Å². The summed E-state index contributed by atoms with van der Waals surface area (Å²) in [7, 11) is 0. The molecule has 0 aliphatic heterocycles. The van der Waals surface area contributed by atoms with E-state index in [1.165, 1.54) is 12.8 Å². The summed E-state index contributed by atoms with van der Waals surface area (Å²) in [6.07, 6.45) is 3.00. The molecule has 4 fully saturated rings. The van der Waals surface area contributed by atoms with Crippen molar-refractivity contribution in [3.63, 3.8) is 0 Å². The van der Waals surface area contributed by atoms with Crippen LogP contribution in [0.15, 0.2) is 0 Å². The molecule has 4 unspecified atom stereocenters. The standard InChI is InChI=1S/C9H12O/c10-9-5-2-3-1-4(5)7-6(3)8(7)9/h3-10H,1-2H2/t3-,4+,5?,6?,7?,8?,9-/m0/s1. The molecule has 1 nitrogen and oxygen atoms in total. The van der Waals surface area contributed by atoms with Crippen LogP contribution in [0.2, 0.25) is 0 Å². The summed E-state index contributed by atoms with van der Waals surface area (Å²) in [6, 6.07) is 0. The Morgan fingerprint density at radius 1 is 0.900 bits per heavy atom. The van der Waals surface area contributed by atoms with Gasteiger partial charge in [0.25, 0.3) is 0 Å². The third kappa shape index (κ3) is 0.268. The predicted octanol–water partition coefficient (Wildman–Crippen LogP) is 0.879. The minimum absolute atomic E-state index is 0.138. The Hall–Kier alpha value is -0.0400. The van der Waals surface area contributed by atoms with Crippen molar-refractivity contribution in [2.75, 3.05) is 0 Å². The van der Waals surface area contributed by atoms with Crippen molar-refractivity contribution < 1.29 is 5.11 Å². The van der Waals surface area contributed by atoms with Gasteiger partial charge in [-0.1, -0.05) is 0 Å². The number of aliphatic hydroxyl groups is 1. The maximum Gasteiger partial charge on any atom is 0.0605 e. The molecule has 0 aromatic rings. The number of hydrogen-bond acceptors (Lipinski definition) is 1. The fraction of sp³-hybridized carbons (Fsp3) is 1.00. The van der Waals surface area contributed by atoms with E-state index in [0.717, 1.165) is 35.5 Å². The smallest absolute Gasteiger partial charge is 0.0605 e. The van der Waals surface area contributed by atoms with Crippen LogP contribution in [0.3, 0.4) is 0 Å². The van der Waals surface area contributed by atoms with Crippen LogP contribution in [0.1, 0.15) is 12.8 Å². The topological polar surface area (TPSA) is 20.2 Å². The molecule has 0 amide bonds. The van der Waals surface area contributed by atoms with E-state index in [-0.39, 0.29) is 6.10 Å². The minimum atomic E-state index is 0.138. The third-order valence-corrected chi connectivity index (χ3v) is 4.76. The Balaban J connectivity index is 1.94. The van der Waals surface area contributed by atoms with Crippen molar-refractivity contribution >= 4 is 0 Å². The van der Waals surface area contributed by atoms with Gasteiger partial charge in [-0.3, -0.25) is 0 Å². The molecule has 7 atom stereocenters. The van der Waals surface area contributed by atoms with E-state index in [1.807, 2.05) is 0 Å². The maximum absolute atomic E-state index is 9.73. The zero-order valence-electron chi connectivity index (χ0n) is 5.90. The Morgan fingerprint density at radius 3 is 2.20 bits per heavy atom. The molecule has 2 bridgehead atoms. The summed E-state index contributed by atoms with van der Waals surface area (Å²) in [5.41, 5.74) is 0. The van der Waals surface area contributed by atoms with Gasteiger partial charge in [-0.25, -0.2) is 0 Å². The number of rotatable bonds is 0. The molecule has 0 aromatic carbocycles. The second kappa shape index (κ2) is 1.08. The first kappa shape index (κ1) is 4.76. The molecule has 10 heavy (non-hydrogen) atoms. The summed E-state index contributed by atoms with van der Waals surface area (Å²) in [5.74, 6) is 5.61. The van der Waals surface area contributed by atoms with E-state index < -0.39 is 0 Å². The zero-order valence-corrected chi connectivity index (χ0v) is 5.90. The highest BCUT2D eigenvalue weighted by atomic mass is 16.3. The summed E-state index contributed by atoms with van der Waals surface area (Å²) >= 11 is 0. The van der Waals surface area contributed by atoms with Gasteiger partial charge >= 0.3 is 0 Å². The second-order valence-corrected chi connectivity index (χ2v) is 4.78. The summed E-state index contributed by atoms with van der Waals surface area (Å²) in [5, 5.41) is 9.73. The normalized spacial score (nSPS) is 80.7. The summed E-state index contributed by atoms with van der Waals surface area (Å²) in [6.45, 7) is 0. The van der Waals surface area contributed by atoms with Crippen molar-refractivity contribution in [1.29, 1.82) is 0 Å². The van der Waals surface area contributed by atoms with E-state index in [1.54, 1.807) is 0 Å². The van der Waals surface area contributed by atoms with Crippen LogP contribution in [-0.2, 0) is 0 Å². The fourth-order valence-corrected chi connectivity index (χ4v) is 4.62. The maximum atomic E-state index is 9.73. The van der Waals surface area contributed by atoms with Gasteiger partial charge < -0.3 is 5.11 Å². The monoisotopic (exact) mass is 136 g/mol. The van der Waals surface area contributed by atoms with Crippen molar-refractivity contribution in [3.8, 4) is 0 Å². The van der Waals surface area contributed by atoms with Gasteiger partial charge in [-0.15, -0.1) is 0 Å². The van der Waals surface area contributed by atoms with Gasteiger partial charge in [-0.05, 0) is 48.3 Å². The molecule has 4 rings (SSSR count). The highest BCUT2D eigenvalue weighted by Crippen LogP contribution is 2.78. The number of aliphatic hydroxyl groups excluding tert-OH is 1. The summed E-state index contributed by atoms with van der Waals surface area (Å²) in [4.78, 5) is 0. The highest BCUT2D eigenvalue weighted by molar-refractivity contribution is 5.24. The average molecular weight is 136 g/mol. The lowest BCUT2D eigenvalue weighted by Crippen LogP contribution is -2.26. The number of hydrogen-bond donors (Lipinski definition) is 1. The molecular weight excluding hydrogens is 124 g/mol. The molecule has 0 saturated heterocycles. The fourth-order valence-electron chi connectivity index (χ4n) is 4.62. The van der Waals surface area contributed by atoms with Gasteiger partial charge in [0.2, 0.25) is 0 Å². The molecule has 1 heteroatoms. The van der Waals surface area contributed by atoms with E-state index in [0.29, 0.717) is 0 Å². The van der Waals surface area contributed by atoms with Crippen LogP contribution in [0.25, 0.3) is 0 Å². The van der Waals surface area contributed by atoms with Crippen molar-refractivity contribution in [2.45, 2.75) is 18.9 Å². The lowest BCUT2D eigenvalue weighted by Gasteiger charge is -2.25. The van der Waals surface area contributed by atoms with Crippen LogP contribution in [0.4, 0.5) is 0 Å². The van der Waals surface area contributed by atoms with Gasteiger partial charge in [0, 0.05) is 0 Å². The van der Waals surface area contributed by atoms with Crippen LogP contribution in [0, 0.1) is 35.5 Å². The molecule has 0 aromatic heterocycles. The van der Waals surface area contributed by atoms with E-state index in [9.17, 15) is 5.11 Å². The van der Waals surface area contributed by atoms with Gasteiger partial charge in [0.15, 0.2) is 0 Å². The Bertz CT molecular complexity index is 192. The molecule has 4 aliphatic carbocycles. The van der Waals surface area contributed by atoms with Crippen LogP contribution >= 0.6 is 0 Å². The average Bonchev–Trinajstić information content (AvgIpc) is 2.35. The molecule has 0 radical (unpaired) electrons. The Morgan fingerprint density at radius 2 is 1.70 bits per heavy atom. The van der Waals surface area contributed by atoms with Gasteiger partial charge in [0.05, 0.1) is 6.10 Å². The molecule has 4 aliphatic rings. The molecule has 0 heterocycles. The third-order valence-electron chi connectivity index (χ3n) is 4.76. The van der Waals surface area contributed by atoms with Crippen molar-refractivity contribution in [3.05, 3.63) is 0 Å². The number of fused-ring (bicyclic) bond motifs is 3. The van der Waals surface area contributed by atoms with Gasteiger partial charge in [-0.2, -0.15) is 0 Å². The first-order valence-electron chi connectivity index (χ1n) is 4.56. The molecule has 4 saturated carbocycles.